The lowest BCUT2D eigenvalue weighted by molar-refractivity contribution is 0.379. The van der Waals surface area contributed by atoms with Crippen LogP contribution in [-0.2, 0) is 6.42 Å². The molecule has 1 aromatic carbocycles. The molecule has 3 aromatic rings. The lowest BCUT2D eigenvalue weighted by Gasteiger charge is -2.09. The Labute approximate surface area is 150 Å². The highest BCUT2D eigenvalue weighted by Crippen LogP contribution is 2.20. The first-order valence-electron chi connectivity index (χ1n) is 8.00. The number of rotatable bonds is 7. The van der Waals surface area contributed by atoms with Crippen molar-refractivity contribution in [2.45, 2.75) is 6.42 Å². The number of nitrogens with zero attached hydrogens (tertiary/aromatic N) is 4. The Kier molecular flexibility index (Phi) is 5.43. The van der Waals surface area contributed by atoms with Crippen molar-refractivity contribution in [3.05, 3.63) is 48.2 Å². The summed E-state index contributed by atoms with van der Waals surface area (Å²) >= 11 is 0. The van der Waals surface area contributed by atoms with Crippen LogP contribution >= 0.6 is 0 Å². The SMILES string of the molecule is COc1ccc(-c2nc(NCCc3ccc(O)cc3)nc(OC)n2)cn1. The zero-order valence-corrected chi connectivity index (χ0v) is 14.5. The van der Waals surface area contributed by atoms with Crippen LogP contribution in [0, 0.1) is 0 Å². The van der Waals surface area contributed by atoms with Gasteiger partial charge in [-0.15, -0.1) is 0 Å². The molecule has 0 radical (unpaired) electrons. The van der Waals surface area contributed by atoms with Crippen molar-refractivity contribution in [2.24, 2.45) is 0 Å². The molecule has 0 saturated heterocycles. The summed E-state index contributed by atoms with van der Waals surface area (Å²) in [7, 11) is 3.07. The van der Waals surface area contributed by atoms with Gasteiger partial charge in [-0.3, -0.25) is 0 Å². The first-order chi connectivity index (χ1) is 12.7. The average Bonchev–Trinajstić information content (AvgIpc) is 2.69. The highest BCUT2D eigenvalue weighted by atomic mass is 16.5. The third-order valence-electron chi connectivity index (χ3n) is 3.63. The highest BCUT2D eigenvalue weighted by Gasteiger charge is 2.09. The Bertz CT molecular complexity index is 854. The molecule has 26 heavy (non-hydrogen) atoms. The van der Waals surface area contributed by atoms with Crippen molar-refractivity contribution in [1.82, 2.24) is 19.9 Å². The summed E-state index contributed by atoms with van der Waals surface area (Å²) in [6, 6.07) is 10.9. The van der Waals surface area contributed by atoms with Crippen LogP contribution in [0.25, 0.3) is 11.4 Å². The number of aromatic hydroxyl groups is 1. The van der Waals surface area contributed by atoms with Gasteiger partial charge in [0.1, 0.15) is 5.75 Å². The van der Waals surface area contributed by atoms with E-state index in [-0.39, 0.29) is 11.8 Å². The molecule has 0 saturated carbocycles. The fourth-order valence-corrected chi connectivity index (χ4v) is 2.27. The Morgan fingerprint density at radius 1 is 0.962 bits per heavy atom. The van der Waals surface area contributed by atoms with Crippen molar-refractivity contribution in [3.63, 3.8) is 0 Å². The summed E-state index contributed by atoms with van der Waals surface area (Å²) < 4.78 is 10.2. The fraction of sp³-hybridized carbons (Fsp3) is 0.222. The summed E-state index contributed by atoms with van der Waals surface area (Å²) in [4.78, 5) is 17.1. The normalized spacial score (nSPS) is 10.4. The van der Waals surface area contributed by atoms with Crippen LogP contribution in [0.3, 0.4) is 0 Å². The molecule has 3 rings (SSSR count). The molecule has 0 unspecified atom stereocenters. The minimum Gasteiger partial charge on any atom is -0.508 e. The van der Waals surface area contributed by atoms with E-state index in [1.807, 2.05) is 18.2 Å². The van der Waals surface area contributed by atoms with Crippen molar-refractivity contribution in [2.75, 3.05) is 26.1 Å². The Morgan fingerprint density at radius 3 is 2.42 bits per heavy atom. The summed E-state index contributed by atoms with van der Waals surface area (Å²) in [5, 5.41) is 12.5. The van der Waals surface area contributed by atoms with E-state index in [0.29, 0.717) is 24.2 Å². The molecular formula is C18H19N5O3. The van der Waals surface area contributed by atoms with Gasteiger partial charge in [-0.05, 0) is 30.2 Å². The van der Waals surface area contributed by atoms with Crippen LogP contribution in [0.1, 0.15) is 5.56 Å². The second-order valence-electron chi connectivity index (χ2n) is 5.40. The summed E-state index contributed by atoms with van der Waals surface area (Å²) in [5.74, 6) is 1.64. The van der Waals surface area contributed by atoms with Gasteiger partial charge in [0.25, 0.3) is 0 Å². The molecule has 0 amide bonds. The van der Waals surface area contributed by atoms with Crippen LogP contribution in [0.2, 0.25) is 0 Å². The van der Waals surface area contributed by atoms with Crippen molar-refractivity contribution < 1.29 is 14.6 Å². The topological polar surface area (TPSA) is 102 Å². The van der Waals surface area contributed by atoms with Gasteiger partial charge in [0.15, 0.2) is 5.82 Å². The summed E-state index contributed by atoms with van der Waals surface area (Å²) in [6.07, 6.45) is 2.39. The van der Waals surface area contributed by atoms with Crippen LogP contribution in [0.4, 0.5) is 5.95 Å². The van der Waals surface area contributed by atoms with Gasteiger partial charge >= 0.3 is 6.01 Å². The molecule has 134 valence electrons. The van der Waals surface area contributed by atoms with E-state index >= 15 is 0 Å². The second kappa shape index (κ2) is 8.11. The molecule has 0 bridgehead atoms. The maximum Gasteiger partial charge on any atom is 0.321 e. The minimum absolute atomic E-state index is 0.220. The molecule has 2 N–H and O–H groups in total. The molecule has 2 heterocycles. The lowest BCUT2D eigenvalue weighted by Crippen LogP contribution is -2.10. The average molecular weight is 353 g/mol. The number of hydrogen-bond donors (Lipinski definition) is 2. The van der Waals surface area contributed by atoms with Crippen molar-refractivity contribution in [1.29, 1.82) is 0 Å². The smallest absolute Gasteiger partial charge is 0.321 e. The maximum absolute atomic E-state index is 9.32. The Morgan fingerprint density at radius 2 is 1.77 bits per heavy atom. The number of anilines is 1. The van der Waals surface area contributed by atoms with E-state index < -0.39 is 0 Å². The quantitative estimate of drug-likeness (QED) is 0.667. The van der Waals surface area contributed by atoms with E-state index in [9.17, 15) is 5.11 Å². The van der Waals surface area contributed by atoms with Gasteiger partial charge in [0.05, 0.1) is 14.2 Å². The van der Waals surface area contributed by atoms with E-state index in [0.717, 1.165) is 17.5 Å². The van der Waals surface area contributed by atoms with Gasteiger partial charge in [0, 0.05) is 24.4 Å². The Hall–Kier alpha value is -3.42. The van der Waals surface area contributed by atoms with Crippen molar-refractivity contribution in [3.8, 4) is 29.0 Å². The zero-order valence-electron chi connectivity index (χ0n) is 14.5. The van der Waals surface area contributed by atoms with Crippen molar-refractivity contribution >= 4 is 5.95 Å². The standard InChI is InChI=1S/C18H19N5O3/c1-25-15-8-5-13(11-20-15)16-21-17(23-18(22-16)26-2)19-10-9-12-3-6-14(24)7-4-12/h3-8,11,24H,9-10H2,1-2H3,(H,19,21,22,23). The minimum atomic E-state index is 0.220. The number of ether oxygens (including phenoxy) is 2. The number of phenolic OH excluding ortho intramolecular Hbond substituents is 1. The molecule has 8 heteroatoms. The molecule has 0 atom stereocenters. The van der Waals surface area contributed by atoms with Gasteiger partial charge in [-0.25, -0.2) is 4.98 Å². The first-order valence-corrected chi connectivity index (χ1v) is 8.00. The predicted octanol–water partition coefficient (Wildman–Crippen LogP) is 2.31. The summed E-state index contributed by atoms with van der Waals surface area (Å²) in [6.45, 7) is 0.623. The number of benzene rings is 1. The third-order valence-corrected chi connectivity index (χ3v) is 3.63. The van der Waals surface area contributed by atoms with E-state index in [4.69, 9.17) is 9.47 Å². The number of nitrogens with one attached hydrogen (secondary N) is 1. The van der Waals surface area contributed by atoms with Gasteiger partial charge < -0.3 is 19.9 Å². The molecule has 0 aliphatic heterocycles. The van der Waals surface area contributed by atoms with Gasteiger partial charge in [-0.1, -0.05) is 12.1 Å². The number of hydrogen-bond acceptors (Lipinski definition) is 8. The van der Waals surface area contributed by atoms with Gasteiger partial charge in [0.2, 0.25) is 11.8 Å². The number of phenols is 1. The van der Waals surface area contributed by atoms with Crippen LogP contribution < -0.4 is 14.8 Å². The molecule has 8 nitrogen and oxygen atoms in total. The van der Waals surface area contributed by atoms with Crippen LogP contribution in [-0.4, -0.2) is 45.8 Å². The molecule has 0 spiro atoms. The monoisotopic (exact) mass is 353 g/mol. The van der Waals surface area contributed by atoms with E-state index in [1.165, 1.54) is 7.11 Å². The predicted molar refractivity (Wildman–Crippen MR) is 96.5 cm³/mol. The second-order valence-corrected chi connectivity index (χ2v) is 5.40. The molecular weight excluding hydrogens is 334 g/mol. The number of methoxy groups -OCH3 is 2. The highest BCUT2D eigenvalue weighted by molar-refractivity contribution is 5.55. The molecule has 2 aromatic heterocycles. The largest absolute Gasteiger partial charge is 0.508 e. The Balaban J connectivity index is 1.73. The molecule has 0 aliphatic carbocycles. The fourth-order valence-electron chi connectivity index (χ4n) is 2.27. The molecule has 0 fully saturated rings. The zero-order chi connectivity index (χ0) is 18.4. The van der Waals surface area contributed by atoms with E-state index in [2.05, 4.69) is 25.3 Å². The van der Waals surface area contributed by atoms with E-state index in [1.54, 1.807) is 31.5 Å². The summed E-state index contributed by atoms with van der Waals surface area (Å²) in [5.41, 5.74) is 1.82. The number of pyridine rings is 1. The third kappa shape index (κ3) is 4.35. The molecule has 0 aliphatic rings. The van der Waals surface area contributed by atoms with Crippen LogP contribution in [0.15, 0.2) is 42.6 Å². The first kappa shape index (κ1) is 17.4. The maximum atomic E-state index is 9.32. The van der Waals surface area contributed by atoms with Gasteiger partial charge in [-0.2, -0.15) is 15.0 Å². The van der Waals surface area contributed by atoms with Crippen LogP contribution in [0.5, 0.6) is 17.6 Å². The lowest BCUT2D eigenvalue weighted by atomic mass is 10.1. The number of aromatic nitrogens is 4.